The number of nitrogens with zero attached hydrogens (tertiary/aromatic N) is 1. The standard InChI is InChI=1S/C9H11NO/c1-3-4-8-6-9(11)5-7(2)10-8/h3,6H,1,4-5H2,2H3. The van der Waals surface area contributed by atoms with Crippen molar-refractivity contribution < 1.29 is 4.79 Å². The first-order valence-corrected chi connectivity index (χ1v) is 3.61. The molecular formula is C9H11NO. The summed E-state index contributed by atoms with van der Waals surface area (Å²) >= 11 is 0. The van der Waals surface area contributed by atoms with Crippen LogP contribution < -0.4 is 0 Å². The van der Waals surface area contributed by atoms with Crippen LogP contribution in [0.2, 0.25) is 0 Å². The smallest absolute Gasteiger partial charge is 0.163 e. The van der Waals surface area contributed by atoms with Crippen molar-refractivity contribution in [3.05, 3.63) is 24.4 Å². The maximum atomic E-state index is 11.0. The van der Waals surface area contributed by atoms with E-state index in [0.29, 0.717) is 12.8 Å². The second-order valence-corrected chi connectivity index (χ2v) is 2.62. The zero-order valence-corrected chi connectivity index (χ0v) is 6.63. The molecule has 0 aromatic heterocycles. The molecule has 0 aliphatic carbocycles. The van der Waals surface area contributed by atoms with Gasteiger partial charge in [0.2, 0.25) is 0 Å². The fraction of sp³-hybridized carbons (Fsp3) is 0.333. The molecule has 0 unspecified atom stereocenters. The first kappa shape index (κ1) is 7.92. The van der Waals surface area contributed by atoms with Gasteiger partial charge in [-0.2, -0.15) is 0 Å². The molecule has 0 saturated heterocycles. The minimum atomic E-state index is 0.148. The number of rotatable bonds is 2. The van der Waals surface area contributed by atoms with E-state index in [0.717, 1.165) is 11.4 Å². The first-order valence-electron chi connectivity index (χ1n) is 3.61. The third-order valence-corrected chi connectivity index (χ3v) is 1.45. The van der Waals surface area contributed by atoms with E-state index < -0.39 is 0 Å². The molecule has 1 aliphatic heterocycles. The summed E-state index contributed by atoms with van der Waals surface area (Å²) in [6, 6.07) is 0. The van der Waals surface area contributed by atoms with E-state index in [4.69, 9.17) is 0 Å². The van der Waals surface area contributed by atoms with Gasteiger partial charge in [-0.1, -0.05) is 6.08 Å². The topological polar surface area (TPSA) is 29.4 Å². The number of aliphatic imine (C=N–C) groups is 1. The van der Waals surface area contributed by atoms with Crippen LogP contribution >= 0.6 is 0 Å². The third-order valence-electron chi connectivity index (χ3n) is 1.45. The van der Waals surface area contributed by atoms with Crippen LogP contribution in [0.25, 0.3) is 0 Å². The van der Waals surface area contributed by atoms with Crippen LogP contribution in [0.4, 0.5) is 0 Å². The van der Waals surface area contributed by atoms with Crippen LogP contribution in [-0.2, 0) is 4.79 Å². The highest BCUT2D eigenvalue weighted by atomic mass is 16.1. The molecule has 1 heterocycles. The Morgan fingerprint density at radius 2 is 2.55 bits per heavy atom. The van der Waals surface area contributed by atoms with Crippen molar-refractivity contribution in [3.63, 3.8) is 0 Å². The van der Waals surface area contributed by atoms with Crippen molar-refractivity contribution in [1.29, 1.82) is 0 Å². The molecule has 0 fully saturated rings. The van der Waals surface area contributed by atoms with Gasteiger partial charge >= 0.3 is 0 Å². The normalized spacial score (nSPS) is 17.4. The van der Waals surface area contributed by atoms with Crippen LogP contribution in [-0.4, -0.2) is 11.5 Å². The highest BCUT2D eigenvalue weighted by molar-refractivity contribution is 6.08. The van der Waals surface area contributed by atoms with Gasteiger partial charge in [-0.05, 0) is 6.92 Å². The van der Waals surface area contributed by atoms with Gasteiger partial charge in [-0.25, -0.2) is 0 Å². The van der Waals surface area contributed by atoms with E-state index in [1.807, 2.05) is 6.92 Å². The van der Waals surface area contributed by atoms with Gasteiger partial charge in [0.25, 0.3) is 0 Å². The maximum Gasteiger partial charge on any atom is 0.163 e. The maximum absolute atomic E-state index is 11.0. The predicted octanol–water partition coefficient (Wildman–Crippen LogP) is 1.88. The summed E-state index contributed by atoms with van der Waals surface area (Å²) in [5, 5.41) is 0. The first-order chi connectivity index (χ1) is 5.22. The van der Waals surface area contributed by atoms with Crippen LogP contribution in [0.3, 0.4) is 0 Å². The second kappa shape index (κ2) is 3.28. The van der Waals surface area contributed by atoms with E-state index in [2.05, 4.69) is 11.6 Å². The van der Waals surface area contributed by atoms with E-state index in [1.54, 1.807) is 12.2 Å². The molecule has 0 aromatic rings. The number of allylic oxidation sites excluding steroid dienone is 2. The molecule has 0 amide bonds. The zero-order chi connectivity index (χ0) is 8.27. The Hall–Kier alpha value is -1.18. The Morgan fingerprint density at radius 3 is 3.09 bits per heavy atom. The average Bonchev–Trinajstić information content (AvgIpc) is 1.85. The lowest BCUT2D eigenvalue weighted by atomic mass is 10.1. The molecule has 0 radical (unpaired) electrons. The molecule has 0 saturated carbocycles. The lowest BCUT2D eigenvalue weighted by Gasteiger charge is -2.06. The third kappa shape index (κ3) is 2.15. The summed E-state index contributed by atoms with van der Waals surface area (Å²) in [5.74, 6) is 0.148. The largest absolute Gasteiger partial charge is 0.294 e. The molecule has 2 nitrogen and oxygen atoms in total. The molecular weight excluding hydrogens is 138 g/mol. The molecule has 11 heavy (non-hydrogen) atoms. The van der Waals surface area contributed by atoms with Crippen molar-refractivity contribution >= 4 is 11.5 Å². The van der Waals surface area contributed by atoms with Crippen LogP contribution in [0.5, 0.6) is 0 Å². The van der Waals surface area contributed by atoms with Crippen LogP contribution in [0.1, 0.15) is 19.8 Å². The van der Waals surface area contributed by atoms with Gasteiger partial charge in [0.05, 0.1) is 0 Å². The van der Waals surface area contributed by atoms with Gasteiger partial charge in [0.15, 0.2) is 5.78 Å². The summed E-state index contributed by atoms with van der Waals surface area (Å²) in [5.41, 5.74) is 1.73. The number of carbonyl (C=O) groups excluding carboxylic acids is 1. The van der Waals surface area contributed by atoms with Gasteiger partial charge < -0.3 is 0 Å². The highest BCUT2D eigenvalue weighted by Crippen LogP contribution is 2.11. The number of hydrogen-bond acceptors (Lipinski definition) is 2. The summed E-state index contributed by atoms with van der Waals surface area (Å²) in [7, 11) is 0. The lowest BCUT2D eigenvalue weighted by molar-refractivity contribution is -0.113. The number of carbonyl (C=O) groups is 1. The van der Waals surface area contributed by atoms with E-state index in [1.165, 1.54) is 0 Å². The molecule has 2 heteroatoms. The van der Waals surface area contributed by atoms with Gasteiger partial charge in [-0.3, -0.25) is 9.79 Å². The van der Waals surface area contributed by atoms with E-state index in [9.17, 15) is 4.79 Å². The zero-order valence-electron chi connectivity index (χ0n) is 6.63. The fourth-order valence-electron chi connectivity index (χ4n) is 1.06. The summed E-state index contributed by atoms with van der Waals surface area (Å²) in [4.78, 5) is 15.2. The minimum absolute atomic E-state index is 0.148. The van der Waals surface area contributed by atoms with Crippen molar-refractivity contribution in [2.24, 2.45) is 4.99 Å². The van der Waals surface area contributed by atoms with Crippen LogP contribution in [0.15, 0.2) is 29.4 Å². The van der Waals surface area contributed by atoms with Gasteiger partial charge in [-0.15, -0.1) is 6.58 Å². The van der Waals surface area contributed by atoms with E-state index in [-0.39, 0.29) is 5.78 Å². The van der Waals surface area contributed by atoms with Gasteiger partial charge in [0, 0.05) is 30.3 Å². The monoisotopic (exact) mass is 149 g/mol. The summed E-state index contributed by atoms with van der Waals surface area (Å²) in [6.07, 6.45) is 4.50. The molecule has 0 aromatic carbocycles. The second-order valence-electron chi connectivity index (χ2n) is 2.62. The van der Waals surface area contributed by atoms with Crippen molar-refractivity contribution in [2.75, 3.05) is 0 Å². The highest BCUT2D eigenvalue weighted by Gasteiger charge is 2.08. The SMILES string of the molecule is C=CCC1=CC(=O)CC(C)=N1. The molecule has 1 rings (SSSR count). The Kier molecular flexibility index (Phi) is 2.36. The molecule has 58 valence electrons. The minimum Gasteiger partial charge on any atom is -0.294 e. The number of hydrogen-bond donors (Lipinski definition) is 0. The fourth-order valence-corrected chi connectivity index (χ4v) is 1.06. The molecule has 0 bridgehead atoms. The van der Waals surface area contributed by atoms with Crippen molar-refractivity contribution in [1.82, 2.24) is 0 Å². The summed E-state index contributed by atoms with van der Waals surface area (Å²) < 4.78 is 0. The molecule has 1 aliphatic rings. The average molecular weight is 149 g/mol. The number of ketones is 1. The summed E-state index contributed by atoms with van der Waals surface area (Å²) in [6.45, 7) is 5.45. The Morgan fingerprint density at radius 1 is 1.82 bits per heavy atom. The van der Waals surface area contributed by atoms with Gasteiger partial charge in [0.1, 0.15) is 0 Å². The lowest BCUT2D eigenvalue weighted by Crippen LogP contribution is -2.07. The Bertz CT molecular complexity index is 248. The quantitative estimate of drug-likeness (QED) is 0.551. The van der Waals surface area contributed by atoms with E-state index >= 15 is 0 Å². The van der Waals surface area contributed by atoms with Crippen molar-refractivity contribution in [3.8, 4) is 0 Å². The molecule has 0 atom stereocenters. The molecule has 0 N–H and O–H groups in total. The Balaban J connectivity index is 2.78. The van der Waals surface area contributed by atoms with Crippen molar-refractivity contribution in [2.45, 2.75) is 19.8 Å². The van der Waals surface area contributed by atoms with Crippen LogP contribution in [0, 0.1) is 0 Å². The molecule has 0 spiro atoms. The Labute approximate surface area is 66.3 Å². The predicted molar refractivity (Wildman–Crippen MR) is 45.6 cm³/mol.